The number of hydrogen-bond donors (Lipinski definition) is 3. The van der Waals surface area contributed by atoms with Crippen molar-refractivity contribution in [3.63, 3.8) is 0 Å². The van der Waals surface area contributed by atoms with Gasteiger partial charge in [0.1, 0.15) is 11.6 Å². The Labute approximate surface area is 140 Å². The molecule has 124 valence electrons. The summed E-state index contributed by atoms with van der Waals surface area (Å²) in [7, 11) is -4.71. The van der Waals surface area contributed by atoms with Gasteiger partial charge in [0.05, 0.1) is 10.7 Å². The van der Waals surface area contributed by atoms with E-state index in [1.165, 1.54) is 30.4 Å². The number of rotatable bonds is 3. The maximum atomic E-state index is 13.1. The van der Waals surface area contributed by atoms with Crippen molar-refractivity contribution in [2.45, 2.75) is 0 Å². The van der Waals surface area contributed by atoms with Crippen LogP contribution in [0.25, 0.3) is 0 Å². The first-order valence-corrected chi connectivity index (χ1v) is 8.13. The van der Waals surface area contributed by atoms with Gasteiger partial charge in [-0.3, -0.25) is 9.98 Å². The Balaban J connectivity index is 2.02. The van der Waals surface area contributed by atoms with Crippen molar-refractivity contribution >= 4 is 39.6 Å². The molecule has 0 aromatic heterocycles. The number of benzene rings is 1. The predicted octanol–water partition coefficient (Wildman–Crippen LogP) is 1.41. The Morgan fingerprint density at radius 3 is 2.79 bits per heavy atom. The number of hydrogen-bond acceptors (Lipinski definition) is 7. The van der Waals surface area contributed by atoms with E-state index in [9.17, 15) is 22.2 Å². The first-order valence-electron chi connectivity index (χ1n) is 6.31. The van der Waals surface area contributed by atoms with Crippen LogP contribution < -0.4 is 10.7 Å². The summed E-state index contributed by atoms with van der Waals surface area (Å²) in [5.41, 5.74) is 2.29. The SMILES string of the molecule is O=C=C1NN2C(Nc3ccc(F)cc3Cl)=CC=NC2=C1S(=O)(=O)O. The molecule has 0 saturated heterocycles. The normalized spacial score (nSPS) is 16.5. The monoisotopic (exact) mass is 370 g/mol. The summed E-state index contributed by atoms with van der Waals surface area (Å²) in [6.07, 6.45) is 2.71. The molecule has 3 N–H and O–H groups in total. The molecule has 0 spiro atoms. The van der Waals surface area contributed by atoms with Gasteiger partial charge in [-0.15, -0.1) is 0 Å². The number of aliphatic imine (C=N–C) groups is 1. The van der Waals surface area contributed by atoms with Gasteiger partial charge in [-0.05, 0) is 24.3 Å². The van der Waals surface area contributed by atoms with E-state index in [1.807, 2.05) is 0 Å². The number of nitrogens with zero attached hydrogens (tertiary/aromatic N) is 2. The Bertz CT molecular complexity index is 980. The molecule has 0 fully saturated rings. The number of anilines is 1. The molecule has 1 aromatic carbocycles. The fourth-order valence-corrected chi connectivity index (χ4v) is 3.05. The summed E-state index contributed by atoms with van der Waals surface area (Å²) in [6, 6.07) is 3.65. The zero-order chi connectivity index (χ0) is 17.5. The molecule has 2 heterocycles. The lowest BCUT2D eigenvalue weighted by atomic mass is 10.3. The van der Waals surface area contributed by atoms with Crippen LogP contribution in [-0.4, -0.2) is 30.1 Å². The van der Waals surface area contributed by atoms with E-state index in [0.29, 0.717) is 5.69 Å². The van der Waals surface area contributed by atoms with Gasteiger partial charge in [-0.2, -0.15) is 8.42 Å². The zero-order valence-electron chi connectivity index (χ0n) is 11.6. The van der Waals surface area contributed by atoms with Crippen molar-refractivity contribution in [2.24, 2.45) is 4.99 Å². The molecule has 2 aliphatic heterocycles. The van der Waals surface area contributed by atoms with Gasteiger partial charge in [0.25, 0.3) is 0 Å². The Kier molecular flexibility index (Phi) is 3.90. The lowest BCUT2D eigenvalue weighted by molar-refractivity contribution is 0.374. The van der Waals surface area contributed by atoms with Gasteiger partial charge in [-0.1, -0.05) is 11.6 Å². The van der Waals surface area contributed by atoms with Gasteiger partial charge in [0.2, 0.25) is 0 Å². The highest BCUT2D eigenvalue weighted by Gasteiger charge is 2.38. The molecular formula is C13H8ClFN4O4S. The summed E-state index contributed by atoms with van der Waals surface area (Å²) in [6.45, 7) is 0. The second-order valence-corrected chi connectivity index (χ2v) is 6.40. The quantitative estimate of drug-likeness (QED) is 0.545. The van der Waals surface area contributed by atoms with E-state index in [0.717, 1.165) is 11.1 Å². The number of fused-ring (bicyclic) bond motifs is 1. The first-order chi connectivity index (χ1) is 11.3. The highest BCUT2D eigenvalue weighted by Crippen LogP contribution is 2.33. The third kappa shape index (κ3) is 2.79. The summed E-state index contributed by atoms with van der Waals surface area (Å²) in [5, 5.41) is 4.05. The van der Waals surface area contributed by atoms with E-state index in [2.05, 4.69) is 15.7 Å². The van der Waals surface area contributed by atoms with Crippen LogP contribution in [0.1, 0.15) is 0 Å². The standard InChI is InChI=1S/C13H8ClFN4O4S/c14-8-5-7(15)1-2-9(8)17-11-3-4-16-13-12(24(21,22)23)10(6-20)18-19(11)13/h1-5,17-18H,(H,21,22,23). The van der Waals surface area contributed by atoms with Gasteiger partial charge in [-0.25, -0.2) is 19.2 Å². The Morgan fingerprint density at radius 1 is 1.42 bits per heavy atom. The van der Waals surface area contributed by atoms with Crippen LogP contribution in [0.3, 0.4) is 0 Å². The van der Waals surface area contributed by atoms with Crippen LogP contribution in [0.2, 0.25) is 5.02 Å². The van der Waals surface area contributed by atoms with E-state index in [4.69, 9.17) is 11.6 Å². The van der Waals surface area contributed by atoms with Crippen molar-refractivity contribution in [3.05, 3.63) is 57.4 Å². The predicted molar refractivity (Wildman–Crippen MR) is 84.4 cm³/mol. The van der Waals surface area contributed by atoms with Crippen LogP contribution >= 0.6 is 11.6 Å². The minimum absolute atomic E-state index is 0.0873. The third-order valence-corrected chi connectivity index (χ3v) is 4.30. The molecule has 3 rings (SSSR count). The molecule has 24 heavy (non-hydrogen) atoms. The van der Waals surface area contributed by atoms with Crippen LogP contribution in [0.4, 0.5) is 10.1 Å². The highest BCUT2D eigenvalue weighted by atomic mass is 35.5. The van der Waals surface area contributed by atoms with Crippen molar-refractivity contribution in [2.75, 3.05) is 5.32 Å². The molecule has 2 aliphatic rings. The van der Waals surface area contributed by atoms with E-state index in [1.54, 1.807) is 0 Å². The molecule has 0 bridgehead atoms. The third-order valence-electron chi connectivity index (χ3n) is 3.09. The van der Waals surface area contributed by atoms with Crippen molar-refractivity contribution < 1.29 is 22.2 Å². The van der Waals surface area contributed by atoms with E-state index in [-0.39, 0.29) is 16.7 Å². The molecule has 0 atom stereocenters. The van der Waals surface area contributed by atoms with E-state index < -0.39 is 26.5 Å². The number of nitrogens with one attached hydrogen (secondary N) is 2. The second kappa shape index (κ2) is 5.77. The first kappa shape index (κ1) is 16.2. The maximum Gasteiger partial charge on any atom is 0.301 e. The Morgan fingerprint density at radius 2 is 2.17 bits per heavy atom. The van der Waals surface area contributed by atoms with Gasteiger partial charge < -0.3 is 5.32 Å². The number of carbonyl (C=O) groups excluding carboxylic acids is 1. The molecule has 0 amide bonds. The second-order valence-electron chi connectivity index (χ2n) is 4.63. The Hall–Kier alpha value is -2.65. The van der Waals surface area contributed by atoms with E-state index >= 15 is 0 Å². The fourth-order valence-electron chi connectivity index (χ4n) is 2.11. The largest absolute Gasteiger partial charge is 0.339 e. The average molecular weight is 371 g/mol. The maximum absolute atomic E-state index is 13.1. The van der Waals surface area contributed by atoms with Crippen molar-refractivity contribution in [1.29, 1.82) is 0 Å². The number of hydrazine groups is 1. The molecule has 1 aromatic rings. The highest BCUT2D eigenvalue weighted by molar-refractivity contribution is 7.90. The smallest absolute Gasteiger partial charge is 0.301 e. The van der Waals surface area contributed by atoms with Crippen LogP contribution in [0.15, 0.2) is 51.5 Å². The number of halogens is 2. The molecule has 0 unspecified atom stereocenters. The minimum atomic E-state index is -4.71. The lowest BCUT2D eigenvalue weighted by Crippen LogP contribution is -2.34. The molecule has 0 saturated carbocycles. The summed E-state index contributed by atoms with van der Waals surface area (Å²) in [5.74, 6) is 0.882. The average Bonchev–Trinajstić information content (AvgIpc) is 2.89. The minimum Gasteiger partial charge on any atom is -0.339 e. The fraction of sp³-hybridized carbons (Fsp3) is 0. The topological polar surface area (TPSA) is 111 Å². The van der Waals surface area contributed by atoms with Gasteiger partial charge in [0, 0.05) is 6.21 Å². The van der Waals surface area contributed by atoms with Gasteiger partial charge in [0.15, 0.2) is 22.4 Å². The zero-order valence-corrected chi connectivity index (χ0v) is 13.2. The molecule has 8 nitrogen and oxygen atoms in total. The van der Waals surface area contributed by atoms with Crippen LogP contribution in [0.5, 0.6) is 0 Å². The van der Waals surface area contributed by atoms with Crippen LogP contribution in [-0.2, 0) is 14.9 Å². The molecule has 11 heteroatoms. The number of allylic oxidation sites excluding steroid dienone is 1. The van der Waals surface area contributed by atoms with Crippen LogP contribution in [0, 0.1) is 5.82 Å². The van der Waals surface area contributed by atoms with Gasteiger partial charge >= 0.3 is 10.1 Å². The van der Waals surface area contributed by atoms with Crippen molar-refractivity contribution in [3.8, 4) is 0 Å². The molecular weight excluding hydrogens is 363 g/mol. The summed E-state index contributed by atoms with van der Waals surface area (Å²) < 4.78 is 45.3. The summed E-state index contributed by atoms with van der Waals surface area (Å²) in [4.78, 5) is 14.1. The lowest BCUT2D eigenvalue weighted by Gasteiger charge is -2.25. The van der Waals surface area contributed by atoms with Crippen molar-refractivity contribution in [1.82, 2.24) is 10.4 Å². The molecule has 0 radical (unpaired) electrons. The molecule has 0 aliphatic carbocycles. The summed E-state index contributed by atoms with van der Waals surface area (Å²) >= 11 is 5.93.